The molecule has 96 heavy (non-hydrogen) atoms. The van der Waals surface area contributed by atoms with Crippen LogP contribution < -0.4 is 25.6 Å². The number of carbonyl (C=O) groups is 6. The number of aliphatic hydroxyl groups excluding tert-OH is 4. The van der Waals surface area contributed by atoms with E-state index in [1.807, 2.05) is 134 Å². The molecular formula is C75H76CaF2N4O14. The Morgan fingerprint density at radius 1 is 0.469 bits per heavy atom. The maximum Gasteiger partial charge on any atom is 2.00 e. The molecule has 0 radical (unpaired) electrons. The summed E-state index contributed by atoms with van der Waals surface area (Å²) in [7, 11) is 0. The summed E-state index contributed by atoms with van der Waals surface area (Å²) in [6.07, 6.45) is -5.54. The van der Waals surface area contributed by atoms with E-state index in [0.717, 1.165) is 22.5 Å². The molecule has 0 fully saturated rings. The number of amides is 2. The molecule has 0 aliphatic carbocycles. The van der Waals surface area contributed by atoms with Crippen molar-refractivity contribution in [2.75, 3.05) is 10.6 Å². The van der Waals surface area contributed by atoms with Crippen LogP contribution in [0.1, 0.15) is 127 Å². The molecule has 2 aromatic heterocycles. The summed E-state index contributed by atoms with van der Waals surface area (Å²) in [4.78, 5) is 71.0. The summed E-state index contributed by atoms with van der Waals surface area (Å²) < 4.78 is 36.7. The summed E-state index contributed by atoms with van der Waals surface area (Å²) in [6, 6.07) is 55.4. The average molecular weight is 1340 g/mol. The van der Waals surface area contributed by atoms with Crippen molar-refractivity contribution in [3.05, 3.63) is 234 Å². The average Bonchev–Trinajstić information content (AvgIpc) is 1.60. The molecular weight excluding hydrogens is 1260 g/mol. The first-order valence-electron chi connectivity index (χ1n) is 30.9. The molecule has 496 valence electrons. The Bertz CT molecular complexity index is 3810. The van der Waals surface area contributed by atoms with Gasteiger partial charge in [-0.3, -0.25) is 14.4 Å². The molecule has 0 bridgehead atoms. The third-order valence-corrected chi connectivity index (χ3v) is 15.2. The third kappa shape index (κ3) is 21.2. The van der Waals surface area contributed by atoms with Crippen molar-refractivity contribution in [1.82, 2.24) is 9.13 Å². The first-order chi connectivity index (χ1) is 45.4. The second-order valence-corrected chi connectivity index (χ2v) is 23.2. The smallest absolute Gasteiger partial charge is 0.550 e. The van der Waals surface area contributed by atoms with Crippen molar-refractivity contribution in [3.8, 4) is 50.5 Å². The number of esters is 1. The van der Waals surface area contributed by atoms with Crippen molar-refractivity contribution >= 4 is 84.8 Å². The third-order valence-electron chi connectivity index (χ3n) is 15.2. The van der Waals surface area contributed by atoms with Gasteiger partial charge >= 0.3 is 49.7 Å². The SMILES string of the molecule is CC(=O)Oc1ccccc1C(=O)O.CC(C)c1c(C(=O)Nc2ccccc2)c(-c2ccccc2)c(-c2ccc(F)cc2)n1CC[C@@H](O)C[C@@H](O)CC(=O)[O-].CC(C)c1c(C(=O)Nc2ccccc2)c(-c2ccccc2)c(-c2ccc(F)cc2)n1CC[C@@H](O)C[C@@H](O)CC(=O)[O-].[Ca+2]. The first-order valence-corrected chi connectivity index (χ1v) is 30.9. The fraction of sp³-hybridized carbons (Fsp3) is 0.253. The summed E-state index contributed by atoms with van der Waals surface area (Å²) in [6.45, 7) is 9.67. The summed E-state index contributed by atoms with van der Waals surface area (Å²) >= 11 is 0. The summed E-state index contributed by atoms with van der Waals surface area (Å²) in [5.74, 6) is -5.99. The number of benzene rings is 7. The minimum atomic E-state index is -1.39. The number of ether oxygens (including phenoxy) is 1. The number of carbonyl (C=O) groups excluding carboxylic acids is 5. The number of aromatic nitrogens is 2. The van der Waals surface area contributed by atoms with Gasteiger partial charge in [0, 0.05) is 78.7 Å². The van der Waals surface area contributed by atoms with E-state index in [-0.39, 0.29) is 111 Å². The molecule has 9 rings (SSSR count). The molecule has 0 aliphatic heterocycles. The minimum absolute atomic E-state index is 0. The maximum atomic E-state index is 14.0. The number of anilines is 2. The Balaban J connectivity index is 0.000000253. The number of rotatable bonds is 26. The normalized spacial score (nSPS) is 12.1. The predicted molar refractivity (Wildman–Crippen MR) is 360 cm³/mol. The Labute approximate surface area is 585 Å². The quantitative estimate of drug-likeness (QED) is 0.0151. The van der Waals surface area contributed by atoms with Gasteiger partial charge in [0.05, 0.1) is 46.9 Å². The second kappa shape index (κ2) is 36.7. The molecule has 18 nitrogen and oxygen atoms in total. The fourth-order valence-corrected chi connectivity index (χ4v) is 11.3. The maximum absolute atomic E-state index is 14.0. The van der Waals surface area contributed by atoms with Crippen molar-refractivity contribution in [3.63, 3.8) is 0 Å². The molecule has 0 saturated heterocycles. The van der Waals surface area contributed by atoms with Crippen molar-refractivity contribution in [1.29, 1.82) is 0 Å². The molecule has 2 heterocycles. The Hall–Kier alpha value is -9.12. The molecule has 0 spiro atoms. The molecule has 7 N–H and O–H groups in total. The van der Waals surface area contributed by atoms with Crippen LogP contribution in [0, 0.1) is 11.6 Å². The van der Waals surface area contributed by atoms with E-state index in [1.54, 1.807) is 60.7 Å². The topological polar surface area (TPSA) is 293 Å². The largest absolute Gasteiger partial charge is 2.00 e. The van der Waals surface area contributed by atoms with Gasteiger partial charge in [0.25, 0.3) is 11.8 Å². The van der Waals surface area contributed by atoms with Crippen LogP contribution in [0.4, 0.5) is 20.2 Å². The molecule has 0 saturated carbocycles. The predicted octanol–water partition coefficient (Wildman–Crippen LogP) is 10.9. The van der Waals surface area contributed by atoms with E-state index < -0.39 is 72.8 Å². The van der Waals surface area contributed by atoms with Gasteiger partial charge in [-0.2, -0.15) is 0 Å². The van der Waals surface area contributed by atoms with Gasteiger partial charge in [-0.25, -0.2) is 13.6 Å². The van der Waals surface area contributed by atoms with Crippen LogP contribution in [-0.4, -0.2) is 133 Å². The molecule has 7 aromatic carbocycles. The second-order valence-electron chi connectivity index (χ2n) is 23.2. The number of carboxylic acids is 3. The Kier molecular flexibility index (Phi) is 29.0. The van der Waals surface area contributed by atoms with Crippen LogP contribution in [-0.2, 0) is 27.5 Å². The van der Waals surface area contributed by atoms with E-state index >= 15 is 0 Å². The number of halogens is 2. The first kappa shape index (κ1) is 75.9. The van der Waals surface area contributed by atoms with Crippen molar-refractivity contribution in [2.45, 2.75) is 122 Å². The van der Waals surface area contributed by atoms with Crippen LogP contribution in [0.15, 0.2) is 194 Å². The molecule has 2 amide bonds. The Morgan fingerprint density at radius 2 is 0.802 bits per heavy atom. The van der Waals surface area contributed by atoms with Crippen LogP contribution >= 0.6 is 0 Å². The molecule has 9 aromatic rings. The van der Waals surface area contributed by atoms with Crippen LogP contribution in [0.3, 0.4) is 0 Å². The fourth-order valence-electron chi connectivity index (χ4n) is 11.3. The minimum Gasteiger partial charge on any atom is -0.550 e. The Morgan fingerprint density at radius 3 is 1.12 bits per heavy atom. The van der Waals surface area contributed by atoms with Gasteiger partial charge in [0.1, 0.15) is 22.9 Å². The number of aromatic carboxylic acids is 1. The van der Waals surface area contributed by atoms with Gasteiger partial charge in [-0.05, 0) is 145 Å². The van der Waals surface area contributed by atoms with Gasteiger partial charge < -0.3 is 69.8 Å². The molecule has 21 heteroatoms. The van der Waals surface area contributed by atoms with Crippen molar-refractivity contribution in [2.24, 2.45) is 0 Å². The molecule has 0 unspecified atom stereocenters. The van der Waals surface area contributed by atoms with Crippen LogP contribution in [0.5, 0.6) is 5.75 Å². The number of aliphatic hydroxyl groups is 4. The van der Waals surface area contributed by atoms with Gasteiger partial charge in [0.15, 0.2) is 0 Å². The van der Waals surface area contributed by atoms with Gasteiger partial charge in [0.2, 0.25) is 0 Å². The standard InChI is InChI=1S/2C33H35FN2O5.C9H8O4.Ca/c2*1-21(2)31-30(33(41)35-25-11-7-4-8-12-25)29(22-9-5-3-6-10-22)32(23-13-15-24(34)16-14-23)36(31)18-17-26(37)19-27(38)20-28(39)40;1-6(10)13-8-5-3-2-4-7(8)9(11)12;/h2*3-16,21,26-27,37-38H,17-20H2,1-2H3,(H,35,41)(H,39,40);2-5H,1H3,(H,11,12);/q;;;+2/p-2/t2*26-,27-;;/m11../s1. The summed E-state index contributed by atoms with van der Waals surface area (Å²) in [5, 5.41) is 77.9. The number of nitrogens with one attached hydrogen (secondary N) is 2. The number of aliphatic carboxylic acids is 2. The number of carboxylic acid groups (broad SMARTS) is 3. The number of nitrogens with zero attached hydrogens (tertiary/aromatic N) is 2. The molecule has 4 atom stereocenters. The van der Waals surface area contributed by atoms with E-state index in [2.05, 4.69) is 15.4 Å². The summed E-state index contributed by atoms with van der Waals surface area (Å²) in [5.41, 5.74) is 9.42. The van der Waals surface area contributed by atoms with E-state index in [0.29, 0.717) is 56.1 Å². The number of hydrogen-bond donors (Lipinski definition) is 7. The van der Waals surface area contributed by atoms with E-state index in [4.69, 9.17) is 5.11 Å². The zero-order chi connectivity index (χ0) is 68.9. The zero-order valence-electron chi connectivity index (χ0n) is 53.9. The number of hydrogen-bond acceptors (Lipinski definition) is 13. The number of para-hydroxylation sites is 3. The van der Waals surface area contributed by atoms with Crippen molar-refractivity contribution < 1.29 is 78.0 Å². The van der Waals surface area contributed by atoms with Gasteiger partial charge in [-0.15, -0.1) is 0 Å². The zero-order valence-corrected chi connectivity index (χ0v) is 56.1. The van der Waals surface area contributed by atoms with E-state index in [9.17, 15) is 68.2 Å². The molecule has 0 aliphatic rings. The van der Waals surface area contributed by atoms with Crippen LogP contribution in [0.25, 0.3) is 44.8 Å². The monoisotopic (exact) mass is 1330 g/mol. The van der Waals surface area contributed by atoms with Gasteiger partial charge in [-0.1, -0.05) is 137 Å². The van der Waals surface area contributed by atoms with E-state index in [1.165, 1.54) is 43.3 Å². The van der Waals surface area contributed by atoms with Crippen LogP contribution in [0.2, 0.25) is 0 Å².